The van der Waals surface area contributed by atoms with Crippen LogP contribution in [0.4, 0.5) is 5.82 Å². The summed E-state index contributed by atoms with van der Waals surface area (Å²) < 4.78 is 1.90. The predicted molar refractivity (Wildman–Crippen MR) is 72.7 cm³/mol. The number of nitrogens with one attached hydrogen (secondary N) is 1. The highest BCUT2D eigenvalue weighted by Crippen LogP contribution is 2.33. The predicted octanol–water partition coefficient (Wildman–Crippen LogP) is 2.88. The lowest BCUT2D eigenvalue weighted by molar-refractivity contribution is 0.435. The van der Waals surface area contributed by atoms with Gasteiger partial charge in [-0.25, -0.2) is 9.50 Å². The molecule has 0 amide bonds. The minimum absolute atomic E-state index is 0.536. The lowest BCUT2D eigenvalue weighted by atomic mass is 9.98. The van der Waals surface area contributed by atoms with Crippen molar-refractivity contribution in [3.63, 3.8) is 0 Å². The number of rotatable bonds is 2. The summed E-state index contributed by atoms with van der Waals surface area (Å²) >= 11 is 0. The summed E-state index contributed by atoms with van der Waals surface area (Å²) in [5.41, 5.74) is 2.10. The van der Waals surface area contributed by atoms with Gasteiger partial charge in [-0.3, -0.25) is 0 Å². The molecule has 18 heavy (non-hydrogen) atoms. The van der Waals surface area contributed by atoms with E-state index >= 15 is 0 Å². The van der Waals surface area contributed by atoms with Crippen LogP contribution in [-0.2, 0) is 0 Å². The molecular weight excluding hydrogens is 224 g/mol. The maximum atomic E-state index is 4.47. The third-order valence-corrected chi connectivity index (χ3v) is 4.30. The fourth-order valence-electron chi connectivity index (χ4n) is 2.90. The molecule has 0 aliphatic heterocycles. The molecule has 3 unspecified atom stereocenters. The van der Waals surface area contributed by atoms with Crippen LogP contribution in [0.2, 0.25) is 0 Å². The van der Waals surface area contributed by atoms with Crippen molar-refractivity contribution in [2.45, 2.75) is 39.7 Å². The van der Waals surface area contributed by atoms with Crippen molar-refractivity contribution in [1.82, 2.24) is 14.6 Å². The standard InChI is InChI=1S/C14H20N4/c1-9-4-5-12(11(9)3)16-14-13-8-10(2)17-18(13)7-6-15-14/h6-9,11-12H,4-5H2,1-3H3,(H,15,16). The topological polar surface area (TPSA) is 42.2 Å². The van der Waals surface area contributed by atoms with Crippen molar-refractivity contribution in [1.29, 1.82) is 0 Å². The molecular formula is C14H20N4. The van der Waals surface area contributed by atoms with Gasteiger partial charge in [0, 0.05) is 18.4 Å². The minimum Gasteiger partial charge on any atom is -0.365 e. The highest BCUT2D eigenvalue weighted by atomic mass is 15.2. The Morgan fingerprint density at radius 1 is 1.33 bits per heavy atom. The quantitative estimate of drug-likeness (QED) is 0.883. The van der Waals surface area contributed by atoms with E-state index in [1.807, 2.05) is 23.8 Å². The van der Waals surface area contributed by atoms with Crippen molar-refractivity contribution in [3.8, 4) is 0 Å². The molecule has 0 bridgehead atoms. The maximum absolute atomic E-state index is 4.47. The largest absolute Gasteiger partial charge is 0.365 e. The molecule has 0 spiro atoms. The van der Waals surface area contributed by atoms with Crippen LogP contribution < -0.4 is 5.32 Å². The maximum Gasteiger partial charge on any atom is 0.152 e. The van der Waals surface area contributed by atoms with Gasteiger partial charge >= 0.3 is 0 Å². The Morgan fingerprint density at radius 2 is 2.17 bits per heavy atom. The Hall–Kier alpha value is -1.58. The monoisotopic (exact) mass is 244 g/mol. The Labute approximate surface area is 107 Å². The van der Waals surface area contributed by atoms with E-state index in [1.165, 1.54) is 12.8 Å². The molecule has 4 heteroatoms. The molecule has 2 aromatic rings. The Kier molecular flexibility index (Phi) is 2.73. The summed E-state index contributed by atoms with van der Waals surface area (Å²) in [6.07, 6.45) is 6.25. The van der Waals surface area contributed by atoms with Gasteiger partial charge in [-0.05, 0) is 37.7 Å². The number of anilines is 1. The Balaban J connectivity index is 1.91. The summed E-state index contributed by atoms with van der Waals surface area (Å²) in [6.45, 7) is 6.68. The van der Waals surface area contributed by atoms with Gasteiger partial charge in [0.05, 0.1) is 5.69 Å². The van der Waals surface area contributed by atoms with Crippen LogP contribution in [0.1, 0.15) is 32.4 Å². The summed E-state index contributed by atoms with van der Waals surface area (Å²) in [5, 5.41) is 8.02. The van der Waals surface area contributed by atoms with Gasteiger partial charge in [-0.15, -0.1) is 0 Å². The molecule has 0 radical (unpaired) electrons. The summed E-state index contributed by atoms with van der Waals surface area (Å²) in [6, 6.07) is 2.62. The molecule has 3 rings (SSSR count). The van der Waals surface area contributed by atoms with Gasteiger partial charge in [0.2, 0.25) is 0 Å². The first-order valence-corrected chi connectivity index (χ1v) is 6.72. The molecule has 2 heterocycles. The van der Waals surface area contributed by atoms with E-state index in [4.69, 9.17) is 0 Å². The SMILES string of the molecule is Cc1cc2c(NC3CCC(C)C3C)nccn2n1. The number of hydrogen-bond donors (Lipinski definition) is 1. The van der Waals surface area contributed by atoms with E-state index in [-0.39, 0.29) is 0 Å². The number of aryl methyl sites for hydroxylation is 1. The molecule has 3 atom stereocenters. The van der Waals surface area contributed by atoms with Crippen molar-refractivity contribution in [3.05, 3.63) is 24.2 Å². The highest BCUT2D eigenvalue weighted by molar-refractivity contribution is 5.68. The molecule has 96 valence electrons. The van der Waals surface area contributed by atoms with Crippen molar-refractivity contribution in [2.75, 3.05) is 5.32 Å². The number of aromatic nitrogens is 3. The van der Waals surface area contributed by atoms with Gasteiger partial charge < -0.3 is 5.32 Å². The number of nitrogens with zero attached hydrogens (tertiary/aromatic N) is 3. The molecule has 0 aromatic carbocycles. The average Bonchev–Trinajstić information content (AvgIpc) is 2.86. The van der Waals surface area contributed by atoms with Crippen LogP contribution in [0.25, 0.3) is 5.52 Å². The highest BCUT2D eigenvalue weighted by Gasteiger charge is 2.30. The molecule has 2 aromatic heterocycles. The number of fused-ring (bicyclic) bond motifs is 1. The molecule has 1 N–H and O–H groups in total. The third-order valence-electron chi connectivity index (χ3n) is 4.30. The number of hydrogen-bond acceptors (Lipinski definition) is 3. The first-order valence-electron chi connectivity index (χ1n) is 6.72. The second-order valence-electron chi connectivity index (χ2n) is 5.56. The van der Waals surface area contributed by atoms with Gasteiger partial charge in [0.15, 0.2) is 5.82 Å². The van der Waals surface area contributed by atoms with Crippen molar-refractivity contribution in [2.24, 2.45) is 11.8 Å². The van der Waals surface area contributed by atoms with E-state index in [9.17, 15) is 0 Å². The first kappa shape index (κ1) is 11.5. The summed E-state index contributed by atoms with van der Waals surface area (Å²) in [7, 11) is 0. The van der Waals surface area contributed by atoms with E-state index in [2.05, 4.69) is 35.3 Å². The fraction of sp³-hybridized carbons (Fsp3) is 0.571. The molecule has 0 saturated heterocycles. The van der Waals surface area contributed by atoms with E-state index in [0.717, 1.165) is 22.9 Å². The van der Waals surface area contributed by atoms with Crippen molar-refractivity contribution >= 4 is 11.3 Å². The molecule has 4 nitrogen and oxygen atoms in total. The minimum atomic E-state index is 0.536. The second kappa shape index (κ2) is 4.26. The van der Waals surface area contributed by atoms with Crippen LogP contribution in [0.5, 0.6) is 0 Å². The lowest BCUT2D eigenvalue weighted by Crippen LogP contribution is -2.24. The Morgan fingerprint density at radius 3 is 2.89 bits per heavy atom. The van der Waals surface area contributed by atoms with Crippen LogP contribution in [0.3, 0.4) is 0 Å². The molecule has 1 fully saturated rings. The van der Waals surface area contributed by atoms with Crippen LogP contribution in [0, 0.1) is 18.8 Å². The van der Waals surface area contributed by atoms with Gasteiger partial charge in [0.1, 0.15) is 5.52 Å². The smallest absolute Gasteiger partial charge is 0.152 e. The summed E-state index contributed by atoms with van der Waals surface area (Å²) in [4.78, 5) is 4.47. The molecule has 1 aliphatic carbocycles. The summed E-state index contributed by atoms with van der Waals surface area (Å²) in [5.74, 6) is 2.47. The van der Waals surface area contributed by atoms with Gasteiger partial charge in [0.25, 0.3) is 0 Å². The Bertz CT molecular complexity index is 560. The van der Waals surface area contributed by atoms with E-state index in [1.54, 1.807) is 0 Å². The zero-order valence-electron chi connectivity index (χ0n) is 11.2. The molecule has 1 aliphatic rings. The van der Waals surface area contributed by atoms with Gasteiger partial charge in [-0.2, -0.15) is 5.10 Å². The average molecular weight is 244 g/mol. The zero-order chi connectivity index (χ0) is 12.7. The lowest BCUT2D eigenvalue weighted by Gasteiger charge is -2.20. The fourth-order valence-corrected chi connectivity index (χ4v) is 2.90. The molecule has 1 saturated carbocycles. The van der Waals surface area contributed by atoms with Gasteiger partial charge in [-0.1, -0.05) is 13.8 Å². The van der Waals surface area contributed by atoms with Crippen LogP contribution in [0.15, 0.2) is 18.5 Å². The van der Waals surface area contributed by atoms with E-state index in [0.29, 0.717) is 12.0 Å². The van der Waals surface area contributed by atoms with Crippen molar-refractivity contribution < 1.29 is 0 Å². The third kappa shape index (κ3) is 1.85. The normalized spacial score (nSPS) is 27.8. The van der Waals surface area contributed by atoms with Crippen LogP contribution in [-0.4, -0.2) is 20.6 Å². The zero-order valence-corrected chi connectivity index (χ0v) is 11.2. The second-order valence-corrected chi connectivity index (χ2v) is 5.56. The van der Waals surface area contributed by atoms with E-state index < -0.39 is 0 Å². The first-order chi connectivity index (χ1) is 8.65. The van der Waals surface area contributed by atoms with Crippen LogP contribution >= 0.6 is 0 Å².